The summed E-state index contributed by atoms with van der Waals surface area (Å²) in [6.45, 7) is 2.21. The molecule has 0 amide bonds. The van der Waals surface area contributed by atoms with Gasteiger partial charge in [0.25, 0.3) is 0 Å². The van der Waals surface area contributed by atoms with Gasteiger partial charge >= 0.3 is 0 Å². The molecule has 1 aliphatic rings. The Morgan fingerprint density at radius 1 is 1.18 bits per heavy atom. The molecule has 17 heavy (non-hydrogen) atoms. The van der Waals surface area contributed by atoms with Crippen LogP contribution < -0.4 is 0 Å². The second kappa shape index (κ2) is 6.46. The standard InChI is InChI=1S/C15H23NS/c1-16(9-4-10-17)12-13-7-8-14-5-2-3-6-15(14)11-13/h7-8,11,17H,2-6,9-10,12H2,1H3. The minimum Gasteiger partial charge on any atom is -0.302 e. The average molecular weight is 249 g/mol. The molecule has 0 radical (unpaired) electrons. The van der Waals surface area contributed by atoms with Gasteiger partial charge in [-0.3, -0.25) is 0 Å². The molecule has 94 valence electrons. The Labute approximate surface area is 111 Å². The van der Waals surface area contributed by atoms with E-state index >= 15 is 0 Å². The van der Waals surface area contributed by atoms with Gasteiger partial charge in [0.05, 0.1) is 0 Å². The fourth-order valence-corrected chi connectivity index (χ4v) is 2.76. The quantitative estimate of drug-likeness (QED) is 0.784. The van der Waals surface area contributed by atoms with Crippen LogP contribution in [0.25, 0.3) is 0 Å². The van der Waals surface area contributed by atoms with E-state index in [4.69, 9.17) is 0 Å². The van der Waals surface area contributed by atoms with E-state index in [-0.39, 0.29) is 0 Å². The van der Waals surface area contributed by atoms with Crippen LogP contribution in [0.3, 0.4) is 0 Å². The highest BCUT2D eigenvalue weighted by Gasteiger charge is 2.09. The third kappa shape index (κ3) is 3.75. The number of fused-ring (bicyclic) bond motifs is 1. The molecule has 0 bridgehead atoms. The van der Waals surface area contributed by atoms with E-state index in [1.54, 1.807) is 11.1 Å². The summed E-state index contributed by atoms with van der Waals surface area (Å²) in [6.07, 6.45) is 6.47. The molecular weight excluding hydrogens is 226 g/mol. The average Bonchev–Trinajstić information content (AvgIpc) is 2.36. The number of benzene rings is 1. The summed E-state index contributed by atoms with van der Waals surface area (Å²) in [4.78, 5) is 2.39. The lowest BCUT2D eigenvalue weighted by Crippen LogP contribution is -2.19. The lowest BCUT2D eigenvalue weighted by Gasteiger charge is -2.20. The fraction of sp³-hybridized carbons (Fsp3) is 0.600. The SMILES string of the molecule is CN(CCCS)Cc1ccc2c(c1)CCCC2. The van der Waals surface area contributed by atoms with E-state index in [0.717, 1.165) is 18.8 Å². The number of hydrogen-bond donors (Lipinski definition) is 1. The number of nitrogens with zero attached hydrogens (tertiary/aromatic N) is 1. The summed E-state index contributed by atoms with van der Waals surface area (Å²) in [5, 5.41) is 0. The zero-order chi connectivity index (χ0) is 12.1. The van der Waals surface area contributed by atoms with Crippen molar-refractivity contribution >= 4 is 12.6 Å². The van der Waals surface area contributed by atoms with E-state index in [1.807, 2.05) is 0 Å². The lowest BCUT2D eigenvalue weighted by atomic mass is 9.90. The number of aryl methyl sites for hydroxylation is 2. The number of thiol groups is 1. The topological polar surface area (TPSA) is 3.24 Å². The van der Waals surface area contributed by atoms with E-state index in [2.05, 4.69) is 42.8 Å². The first kappa shape index (κ1) is 13.0. The van der Waals surface area contributed by atoms with Crippen molar-refractivity contribution < 1.29 is 0 Å². The summed E-state index contributed by atoms with van der Waals surface area (Å²) >= 11 is 4.26. The first-order valence-corrected chi connectivity index (χ1v) is 7.33. The van der Waals surface area contributed by atoms with Gasteiger partial charge in [0.15, 0.2) is 0 Å². The van der Waals surface area contributed by atoms with Gasteiger partial charge in [-0.15, -0.1) is 0 Å². The summed E-state index contributed by atoms with van der Waals surface area (Å²) in [5.74, 6) is 0.981. The van der Waals surface area contributed by atoms with Gasteiger partial charge in [0.1, 0.15) is 0 Å². The molecule has 2 heteroatoms. The van der Waals surface area contributed by atoms with E-state index in [0.29, 0.717) is 0 Å². The predicted molar refractivity (Wildman–Crippen MR) is 77.9 cm³/mol. The molecule has 0 N–H and O–H groups in total. The Balaban J connectivity index is 1.97. The van der Waals surface area contributed by atoms with Crippen LogP contribution in [0, 0.1) is 0 Å². The van der Waals surface area contributed by atoms with Gasteiger partial charge < -0.3 is 4.90 Å². The number of rotatable bonds is 5. The Morgan fingerprint density at radius 3 is 2.71 bits per heavy atom. The van der Waals surface area contributed by atoms with Crippen LogP contribution in [0.2, 0.25) is 0 Å². The Morgan fingerprint density at radius 2 is 1.94 bits per heavy atom. The van der Waals surface area contributed by atoms with Crippen LogP contribution in [-0.4, -0.2) is 24.2 Å². The maximum atomic E-state index is 4.26. The van der Waals surface area contributed by atoms with Gasteiger partial charge in [-0.05, 0) is 68.1 Å². The number of hydrogen-bond acceptors (Lipinski definition) is 2. The summed E-state index contributed by atoms with van der Waals surface area (Å²) < 4.78 is 0. The maximum Gasteiger partial charge on any atom is 0.0230 e. The summed E-state index contributed by atoms with van der Waals surface area (Å²) in [6, 6.07) is 7.07. The molecule has 0 heterocycles. The van der Waals surface area contributed by atoms with E-state index in [1.165, 1.54) is 37.7 Å². The monoisotopic (exact) mass is 249 g/mol. The van der Waals surface area contributed by atoms with Crippen LogP contribution >= 0.6 is 12.6 Å². The highest BCUT2D eigenvalue weighted by Crippen LogP contribution is 2.22. The smallest absolute Gasteiger partial charge is 0.0230 e. The van der Waals surface area contributed by atoms with Crippen LogP contribution in [0.5, 0.6) is 0 Å². The van der Waals surface area contributed by atoms with Crippen LogP contribution in [-0.2, 0) is 19.4 Å². The van der Waals surface area contributed by atoms with Gasteiger partial charge in [0.2, 0.25) is 0 Å². The summed E-state index contributed by atoms with van der Waals surface area (Å²) in [7, 11) is 2.20. The molecule has 0 atom stereocenters. The molecule has 1 nitrogen and oxygen atoms in total. The Kier molecular flexibility index (Phi) is 4.93. The van der Waals surface area contributed by atoms with E-state index < -0.39 is 0 Å². The van der Waals surface area contributed by atoms with Crippen molar-refractivity contribution in [1.29, 1.82) is 0 Å². The molecule has 0 saturated carbocycles. The molecule has 0 spiro atoms. The molecule has 1 aliphatic carbocycles. The summed E-state index contributed by atoms with van der Waals surface area (Å²) in [5.41, 5.74) is 4.64. The van der Waals surface area contributed by atoms with E-state index in [9.17, 15) is 0 Å². The molecule has 0 unspecified atom stereocenters. The van der Waals surface area contributed by atoms with Gasteiger partial charge in [-0.25, -0.2) is 0 Å². The largest absolute Gasteiger partial charge is 0.302 e. The first-order chi connectivity index (χ1) is 8.29. The minimum atomic E-state index is 0.981. The molecule has 0 aromatic heterocycles. The first-order valence-electron chi connectivity index (χ1n) is 6.69. The fourth-order valence-electron chi connectivity index (χ4n) is 2.62. The second-order valence-electron chi connectivity index (χ2n) is 5.13. The Bertz CT molecular complexity index is 362. The zero-order valence-corrected chi connectivity index (χ0v) is 11.7. The van der Waals surface area contributed by atoms with Crippen molar-refractivity contribution in [3.63, 3.8) is 0 Å². The van der Waals surface area contributed by atoms with Crippen LogP contribution in [0.15, 0.2) is 18.2 Å². The lowest BCUT2D eigenvalue weighted by molar-refractivity contribution is 0.328. The Hall–Kier alpha value is -0.470. The minimum absolute atomic E-state index is 0.981. The molecular formula is C15H23NS. The van der Waals surface area contributed by atoms with Crippen molar-refractivity contribution in [2.75, 3.05) is 19.3 Å². The molecule has 2 rings (SSSR count). The third-order valence-electron chi connectivity index (χ3n) is 3.56. The highest BCUT2D eigenvalue weighted by molar-refractivity contribution is 7.80. The van der Waals surface area contributed by atoms with Crippen molar-refractivity contribution in [2.24, 2.45) is 0 Å². The van der Waals surface area contributed by atoms with Gasteiger partial charge in [-0.1, -0.05) is 18.2 Å². The molecule has 1 aromatic rings. The maximum absolute atomic E-state index is 4.26. The van der Waals surface area contributed by atoms with Crippen molar-refractivity contribution in [3.05, 3.63) is 34.9 Å². The molecule has 0 saturated heterocycles. The van der Waals surface area contributed by atoms with Crippen molar-refractivity contribution in [1.82, 2.24) is 4.90 Å². The van der Waals surface area contributed by atoms with Gasteiger partial charge in [-0.2, -0.15) is 12.6 Å². The predicted octanol–water partition coefficient (Wildman–Crippen LogP) is 3.32. The third-order valence-corrected chi connectivity index (χ3v) is 3.88. The van der Waals surface area contributed by atoms with Gasteiger partial charge in [0, 0.05) is 6.54 Å². The van der Waals surface area contributed by atoms with Crippen LogP contribution in [0.1, 0.15) is 36.0 Å². The van der Waals surface area contributed by atoms with Crippen molar-refractivity contribution in [3.8, 4) is 0 Å². The zero-order valence-electron chi connectivity index (χ0n) is 10.8. The highest BCUT2D eigenvalue weighted by atomic mass is 32.1. The normalized spacial score (nSPS) is 15.0. The molecule has 0 aliphatic heterocycles. The second-order valence-corrected chi connectivity index (χ2v) is 5.57. The van der Waals surface area contributed by atoms with Crippen LogP contribution in [0.4, 0.5) is 0 Å². The molecule has 1 aromatic carbocycles. The molecule has 0 fully saturated rings. The van der Waals surface area contributed by atoms with Crippen molar-refractivity contribution in [2.45, 2.75) is 38.6 Å².